The molecule has 0 aliphatic rings. The fourth-order valence-electron chi connectivity index (χ4n) is 3.46. The second-order valence-corrected chi connectivity index (χ2v) is 9.40. The molecule has 2 aromatic carbocycles. The molecule has 0 unspecified atom stereocenters. The van der Waals surface area contributed by atoms with E-state index in [0.29, 0.717) is 13.1 Å². The lowest BCUT2D eigenvalue weighted by molar-refractivity contribution is 0.0983. The van der Waals surface area contributed by atoms with Crippen LogP contribution in [0.4, 0.5) is 5.13 Å². The molecule has 1 amide bonds. The molecule has 7 heteroatoms. The van der Waals surface area contributed by atoms with Gasteiger partial charge in [-0.05, 0) is 55.0 Å². The molecule has 0 radical (unpaired) electrons. The summed E-state index contributed by atoms with van der Waals surface area (Å²) in [6, 6.07) is 14.0. The molecule has 2 heterocycles. The van der Waals surface area contributed by atoms with Gasteiger partial charge in [0, 0.05) is 23.8 Å². The number of nitrogens with zero attached hydrogens (tertiary/aromatic N) is 4. The molecule has 154 valence electrons. The number of anilines is 1. The fraction of sp³-hybridized carbons (Fsp3) is 0.261. The number of thioether (sulfide) groups is 1. The zero-order valence-corrected chi connectivity index (χ0v) is 19.0. The van der Waals surface area contributed by atoms with Gasteiger partial charge < -0.3 is 0 Å². The second kappa shape index (κ2) is 9.02. The van der Waals surface area contributed by atoms with Crippen LogP contribution in [0.5, 0.6) is 0 Å². The van der Waals surface area contributed by atoms with Gasteiger partial charge in [0.1, 0.15) is 0 Å². The van der Waals surface area contributed by atoms with Crippen molar-refractivity contribution in [1.82, 2.24) is 14.8 Å². The summed E-state index contributed by atoms with van der Waals surface area (Å²) in [6.07, 6.45) is 3.67. The highest BCUT2D eigenvalue weighted by Crippen LogP contribution is 2.33. The molecule has 0 aliphatic carbocycles. The monoisotopic (exact) mass is 436 g/mol. The van der Waals surface area contributed by atoms with Gasteiger partial charge in [-0.25, -0.2) is 4.98 Å². The van der Waals surface area contributed by atoms with E-state index >= 15 is 0 Å². The van der Waals surface area contributed by atoms with E-state index in [4.69, 9.17) is 4.98 Å². The normalized spacial score (nSPS) is 11.2. The Morgan fingerprint density at radius 3 is 2.80 bits per heavy atom. The Morgan fingerprint density at radius 2 is 2.03 bits per heavy atom. The molecule has 0 fully saturated rings. The highest BCUT2D eigenvalue weighted by Gasteiger charge is 2.24. The van der Waals surface area contributed by atoms with Gasteiger partial charge in [0.25, 0.3) is 5.91 Å². The number of hydrogen-bond donors (Lipinski definition) is 0. The summed E-state index contributed by atoms with van der Waals surface area (Å²) in [5.74, 6) is 0.893. The maximum absolute atomic E-state index is 13.7. The van der Waals surface area contributed by atoms with Crippen LogP contribution in [0.1, 0.15) is 28.4 Å². The molecule has 4 aromatic rings. The number of amides is 1. The summed E-state index contributed by atoms with van der Waals surface area (Å²) in [5.41, 5.74) is 4.02. The Morgan fingerprint density at radius 1 is 1.20 bits per heavy atom. The predicted molar refractivity (Wildman–Crippen MR) is 126 cm³/mol. The SMILES string of the molecule is CCSc1ccccc1C(=O)N(CCn1cccn1)c1nc2c(C)cc(C)cc2s1. The van der Waals surface area contributed by atoms with Crippen LogP contribution in [0.25, 0.3) is 10.2 Å². The number of aromatic nitrogens is 3. The van der Waals surface area contributed by atoms with Crippen molar-refractivity contribution in [1.29, 1.82) is 0 Å². The molecule has 0 spiro atoms. The molecule has 2 aromatic heterocycles. The maximum atomic E-state index is 13.7. The molecule has 4 rings (SSSR count). The van der Waals surface area contributed by atoms with E-state index in [-0.39, 0.29) is 5.91 Å². The molecule has 0 N–H and O–H groups in total. The van der Waals surface area contributed by atoms with Gasteiger partial charge in [-0.15, -0.1) is 11.8 Å². The van der Waals surface area contributed by atoms with Crippen molar-refractivity contribution in [3.05, 3.63) is 71.5 Å². The van der Waals surface area contributed by atoms with E-state index < -0.39 is 0 Å². The Labute approximate surface area is 184 Å². The van der Waals surface area contributed by atoms with Crippen LogP contribution in [0, 0.1) is 13.8 Å². The van der Waals surface area contributed by atoms with Crippen LogP contribution in [0.15, 0.2) is 59.8 Å². The lowest BCUT2D eigenvalue weighted by Crippen LogP contribution is -2.34. The standard InChI is InChI=1S/C23H24N4OS2/c1-4-29-19-9-6-5-8-18(19)22(28)27(13-12-26-11-7-10-24-26)23-25-21-17(3)14-16(2)15-20(21)30-23/h5-11,14-15H,4,12-13H2,1-3H3. The quantitative estimate of drug-likeness (QED) is 0.356. The van der Waals surface area contributed by atoms with E-state index in [2.05, 4.69) is 38.0 Å². The number of carbonyl (C=O) groups excluding carboxylic acids is 1. The first-order valence-electron chi connectivity index (χ1n) is 9.95. The van der Waals surface area contributed by atoms with Crippen LogP contribution >= 0.6 is 23.1 Å². The van der Waals surface area contributed by atoms with Crippen LogP contribution in [-0.2, 0) is 6.54 Å². The first-order valence-corrected chi connectivity index (χ1v) is 11.8. The smallest absolute Gasteiger partial charge is 0.261 e. The van der Waals surface area contributed by atoms with Gasteiger partial charge in [0.05, 0.1) is 22.3 Å². The number of fused-ring (bicyclic) bond motifs is 1. The minimum Gasteiger partial charge on any atom is -0.282 e. The molecule has 0 bridgehead atoms. The molecular weight excluding hydrogens is 412 g/mol. The lowest BCUT2D eigenvalue weighted by atomic mass is 10.1. The van der Waals surface area contributed by atoms with E-state index in [1.807, 2.05) is 41.2 Å². The molecule has 0 aliphatic heterocycles. The van der Waals surface area contributed by atoms with Crippen molar-refractivity contribution < 1.29 is 4.79 Å². The highest BCUT2D eigenvalue weighted by molar-refractivity contribution is 7.99. The maximum Gasteiger partial charge on any atom is 0.261 e. The third-order valence-corrected chi connectivity index (χ3v) is 6.80. The minimum atomic E-state index is -0.0212. The van der Waals surface area contributed by atoms with Crippen molar-refractivity contribution >= 4 is 44.4 Å². The van der Waals surface area contributed by atoms with E-state index in [1.165, 1.54) is 5.56 Å². The van der Waals surface area contributed by atoms with Crippen molar-refractivity contribution in [2.75, 3.05) is 17.2 Å². The topological polar surface area (TPSA) is 51.0 Å². The van der Waals surface area contributed by atoms with Crippen molar-refractivity contribution in [3.8, 4) is 0 Å². The molecule has 0 saturated heterocycles. The number of hydrogen-bond acceptors (Lipinski definition) is 5. The number of carbonyl (C=O) groups is 1. The Kier molecular flexibility index (Phi) is 6.20. The lowest BCUT2D eigenvalue weighted by Gasteiger charge is -2.21. The molecule has 5 nitrogen and oxygen atoms in total. The average molecular weight is 437 g/mol. The number of rotatable bonds is 7. The highest BCUT2D eigenvalue weighted by atomic mass is 32.2. The summed E-state index contributed by atoms with van der Waals surface area (Å²) in [4.78, 5) is 21.3. The number of aryl methyl sites for hydroxylation is 2. The second-order valence-electron chi connectivity index (χ2n) is 7.08. The van der Waals surface area contributed by atoms with Crippen molar-refractivity contribution in [3.63, 3.8) is 0 Å². The van der Waals surface area contributed by atoms with Crippen LogP contribution in [0.3, 0.4) is 0 Å². The Bertz CT molecular complexity index is 1170. The first-order chi connectivity index (χ1) is 14.6. The van der Waals surface area contributed by atoms with Crippen LogP contribution in [0.2, 0.25) is 0 Å². The average Bonchev–Trinajstić information content (AvgIpc) is 3.39. The van der Waals surface area contributed by atoms with Gasteiger partial charge in [-0.1, -0.05) is 36.5 Å². The summed E-state index contributed by atoms with van der Waals surface area (Å²) < 4.78 is 2.95. The number of benzene rings is 2. The first kappa shape index (κ1) is 20.6. The van der Waals surface area contributed by atoms with E-state index in [1.54, 1.807) is 34.2 Å². The zero-order chi connectivity index (χ0) is 21.1. The fourth-order valence-corrected chi connectivity index (χ4v) is 5.43. The largest absolute Gasteiger partial charge is 0.282 e. The third kappa shape index (κ3) is 4.27. The van der Waals surface area contributed by atoms with Crippen LogP contribution in [-0.4, -0.2) is 33.0 Å². The third-order valence-electron chi connectivity index (χ3n) is 4.82. The number of thiazole rings is 1. The van der Waals surface area contributed by atoms with Gasteiger partial charge in [0.15, 0.2) is 5.13 Å². The van der Waals surface area contributed by atoms with Crippen LogP contribution < -0.4 is 4.90 Å². The Hall–Kier alpha value is -2.64. The summed E-state index contributed by atoms with van der Waals surface area (Å²) >= 11 is 3.26. The molecule has 30 heavy (non-hydrogen) atoms. The Balaban J connectivity index is 1.74. The van der Waals surface area contributed by atoms with E-state index in [9.17, 15) is 4.79 Å². The van der Waals surface area contributed by atoms with Crippen molar-refractivity contribution in [2.45, 2.75) is 32.2 Å². The van der Waals surface area contributed by atoms with Crippen molar-refractivity contribution in [2.24, 2.45) is 0 Å². The summed E-state index contributed by atoms with van der Waals surface area (Å²) in [6.45, 7) is 7.37. The predicted octanol–water partition coefficient (Wildman–Crippen LogP) is 5.57. The van der Waals surface area contributed by atoms with Gasteiger partial charge in [-0.3, -0.25) is 14.4 Å². The van der Waals surface area contributed by atoms with Gasteiger partial charge >= 0.3 is 0 Å². The molecule has 0 atom stereocenters. The summed E-state index contributed by atoms with van der Waals surface area (Å²) in [7, 11) is 0. The van der Waals surface area contributed by atoms with E-state index in [0.717, 1.165) is 37.1 Å². The van der Waals surface area contributed by atoms with Gasteiger partial charge in [-0.2, -0.15) is 5.10 Å². The molecular formula is C23H24N4OS2. The minimum absolute atomic E-state index is 0.0212. The molecule has 0 saturated carbocycles. The summed E-state index contributed by atoms with van der Waals surface area (Å²) in [5, 5.41) is 5.02. The zero-order valence-electron chi connectivity index (χ0n) is 17.3. The van der Waals surface area contributed by atoms with Gasteiger partial charge in [0.2, 0.25) is 0 Å².